The molecule has 1 saturated heterocycles. The molecule has 15 heavy (non-hydrogen) atoms. The van der Waals surface area contributed by atoms with Crippen molar-refractivity contribution in [2.75, 3.05) is 6.61 Å². The second-order valence-electron chi connectivity index (χ2n) is 6.28. The van der Waals surface area contributed by atoms with Gasteiger partial charge in [0.25, 0.3) is 0 Å². The van der Waals surface area contributed by atoms with Crippen LogP contribution in [0.25, 0.3) is 0 Å². The summed E-state index contributed by atoms with van der Waals surface area (Å²) in [6.07, 6.45) is 2.53. The SMILES string of the molecule is CC(C)(C)OC[C@H]1NC(=O)[C@@H]2[C@H]1C21CC1. The Labute approximate surface area is 90.6 Å². The van der Waals surface area contributed by atoms with E-state index in [1.807, 2.05) is 0 Å². The topological polar surface area (TPSA) is 38.3 Å². The fraction of sp³-hybridized carbons (Fsp3) is 0.917. The number of amides is 1. The van der Waals surface area contributed by atoms with Gasteiger partial charge in [-0.1, -0.05) is 0 Å². The van der Waals surface area contributed by atoms with Gasteiger partial charge in [-0.2, -0.15) is 0 Å². The summed E-state index contributed by atoms with van der Waals surface area (Å²) < 4.78 is 5.77. The van der Waals surface area contributed by atoms with Crippen LogP contribution < -0.4 is 5.32 Å². The third-order valence-corrected chi connectivity index (χ3v) is 4.10. The fourth-order valence-electron chi connectivity index (χ4n) is 3.22. The van der Waals surface area contributed by atoms with E-state index in [-0.39, 0.29) is 17.6 Å². The molecule has 3 rings (SSSR count). The molecule has 2 saturated carbocycles. The Morgan fingerprint density at radius 2 is 2.13 bits per heavy atom. The number of piperidine rings is 1. The molecule has 3 fully saturated rings. The molecule has 2 aliphatic carbocycles. The van der Waals surface area contributed by atoms with Crippen molar-refractivity contribution in [2.24, 2.45) is 17.3 Å². The van der Waals surface area contributed by atoms with Gasteiger partial charge in [-0.15, -0.1) is 0 Å². The van der Waals surface area contributed by atoms with Crippen molar-refractivity contribution in [3.05, 3.63) is 0 Å². The van der Waals surface area contributed by atoms with Crippen molar-refractivity contribution < 1.29 is 9.53 Å². The first-order chi connectivity index (χ1) is 6.94. The Balaban J connectivity index is 1.62. The van der Waals surface area contributed by atoms with E-state index in [1.54, 1.807) is 0 Å². The highest BCUT2D eigenvalue weighted by molar-refractivity contribution is 5.88. The summed E-state index contributed by atoms with van der Waals surface area (Å²) in [5.74, 6) is 1.21. The Morgan fingerprint density at radius 1 is 1.47 bits per heavy atom. The molecule has 0 aromatic heterocycles. The van der Waals surface area contributed by atoms with Crippen LogP contribution in [-0.2, 0) is 9.53 Å². The van der Waals surface area contributed by atoms with Gasteiger partial charge in [0.05, 0.1) is 18.2 Å². The monoisotopic (exact) mass is 209 g/mol. The van der Waals surface area contributed by atoms with Gasteiger partial charge >= 0.3 is 0 Å². The van der Waals surface area contributed by atoms with E-state index in [0.29, 0.717) is 23.9 Å². The molecule has 3 aliphatic rings. The lowest BCUT2D eigenvalue weighted by Crippen LogP contribution is -2.38. The van der Waals surface area contributed by atoms with Crippen molar-refractivity contribution in [1.29, 1.82) is 0 Å². The zero-order chi connectivity index (χ0) is 10.8. The number of ether oxygens (including phenoxy) is 1. The predicted molar refractivity (Wildman–Crippen MR) is 56.3 cm³/mol. The van der Waals surface area contributed by atoms with Gasteiger partial charge in [0.2, 0.25) is 5.91 Å². The van der Waals surface area contributed by atoms with Crippen LogP contribution in [0.15, 0.2) is 0 Å². The van der Waals surface area contributed by atoms with Gasteiger partial charge in [-0.25, -0.2) is 0 Å². The zero-order valence-corrected chi connectivity index (χ0v) is 9.67. The number of rotatable bonds is 2. The Kier molecular flexibility index (Phi) is 1.65. The minimum absolute atomic E-state index is 0.103. The Bertz CT molecular complexity index is 314. The molecule has 84 valence electrons. The molecule has 0 aromatic carbocycles. The smallest absolute Gasteiger partial charge is 0.224 e. The number of hydrogen-bond donors (Lipinski definition) is 1. The molecule has 1 N–H and O–H groups in total. The van der Waals surface area contributed by atoms with Gasteiger partial charge in [0.15, 0.2) is 0 Å². The van der Waals surface area contributed by atoms with Crippen molar-refractivity contribution >= 4 is 5.91 Å². The molecule has 3 nitrogen and oxygen atoms in total. The van der Waals surface area contributed by atoms with Crippen LogP contribution in [0.5, 0.6) is 0 Å². The summed E-state index contributed by atoms with van der Waals surface area (Å²) in [4.78, 5) is 11.6. The Hall–Kier alpha value is -0.570. The maximum absolute atomic E-state index is 11.6. The number of fused-ring (bicyclic) bond motifs is 3. The van der Waals surface area contributed by atoms with Gasteiger partial charge < -0.3 is 10.1 Å². The lowest BCUT2D eigenvalue weighted by molar-refractivity contribution is -0.122. The van der Waals surface area contributed by atoms with Crippen molar-refractivity contribution in [1.82, 2.24) is 5.32 Å². The Morgan fingerprint density at radius 3 is 2.60 bits per heavy atom. The molecular weight excluding hydrogens is 190 g/mol. The largest absolute Gasteiger partial charge is 0.374 e. The van der Waals surface area contributed by atoms with Crippen LogP contribution in [0.4, 0.5) is 0 Å². The quantitative estimate of drug-likeness (QED) is 0.745. The van der Waals surface area contributed by atoms with Gasteiger partial charge in [0.1, 0.15) is 0 Å². The first-order valence-corrected chi connectivity index (χ1v) is 5.88. The standard InChI is InChI=1S/C12H19NO2/c1-11(2,3)15-6-7-8-9(10(14)13-7)12(8)4-5-12/h7-9H,4-6H2,1-3H3,(H,13,14)/t7-,8+,9+/m1/s1. The molecule has 3 heteroatoms. The zero-order valence-electron chi connectivity index (χ0n) is 9.67. The summed E-state index contributed by atoms with van der Waals surface area (Å²) in [6.45, 7) is 6.85. The van der Waals surface area contributed by atoms with Crippen molar-refractivity contribution in [2.45, 2.75) is 45.3 Å². The second kappa shape index (κ2) is 2.57. The van der Waals surface area contributed by atoms with Crippen molar-refractivity contribution in [3.8, 4) is 0 Å². The lowest BCUT2D eigenvalue weighted by atomic mass is 10.1. The highest BCUT2D eigenvalue weighted by Gasteiger charge is 2.79. The predicted octanol–water partition coefficient (Wildman–Crippen LogP) is 1.33. The minimum atomic E-state index is -0.103. The third-order valence-electron chi connectivity index (χ3n) is 4.10. The van der Waals surface area contributed by atoms with Crippen LogP contribution in [0.1, 0.15) is 33.6 Å². The van der Waals surface area contributed by atoms with Crippen molar-refractivity contribution in [3.63, 3.8) is 0 Å². The summed E-state index contributed by atoms with van der Waals surface area (Å²) in [7, 11) is 0. The first-order valence-electron chi connectivity index (χ1n) is 5.88. The molecule has 3 atom stereocenters. The molecule has 0 bridgehead atoms. The molecule has 1 aliphatic heterocycles. The van der Waals surface area contributed by atoms with Crippen LogP contribution in [0.2, 0.25) is 0 Å². The number of nitrogens with one attached hydrogen (secondary N) is 1. The minimum Gasteiger partial charge on any atom is -0.374 e. The van der Waals surface area contributed by atoms with E-state index in [1.165, 1.54) is 12.8 Å². The molecule has 1 heterocycles. The van der Waals surface area contributed by atoms with E-state index in [0.717, 1.165) is 0 Å². The van der Waals surface area contributed by atoms with E-state index in [2.05, 4.69) is 26.1 Å². The lowest BCUT2D eigenvalue weighted by Gasteiger charge is -2.23. The summed E-state index contributed by atoms with van der Waals surface area (Å²) in [5.41, 5.74) is 0.336. The number of hydrogen-bond acceptors (Lipinski definition) is 2. The molecular formula is C12H19NO2. The summed E-state index contributed by atoms with van der Waals surface area (Å²) in [5, 5.41) is 3.06. The molecule has 1 spiro atoms. The molecule has 0 aromatic rings. The van der Waals surface area contributed by atoms with Crippen LogP contribution >= 0.6 is 0 Å². The van der Waals surface area contributed by atoms with E-state index in [4.69, 9.17) is 4.74 Å². The molecule has 1 amide bonds. The van der Waals surface area contributed by atoms with E-state index >= 15 is 0 Å². The van der Waals surface area contributed by atoms with Crippen LogP contribution in [0.3, 0.4) is 0 Å². The second-order valence-corrected chi connectivity index (χ2v) is 6.28. The maximum Gasteiger partial charge on any atom is 0.224 e. The highest BCUT2D eigenvalue weighted by Crippen LogP contribution is 2.77. The maximum atomic E-state index is 11.6. The normalized spacial score (nSPS) is 40.2. The average Bonchev–Trinajstić information content (AvgIpc) is 2.97. The van der Waals surface area contributed by atoms with Crippen LogP contribution in [-0.4, -0.2) is 24.2 Å². The summed E-state index contributed by atoms with van der Waals surface area (Å²) in [6, 6.07) is 0.282. The van der Waals surface area contributed by atoms with Crippen LogP contribution in [0, 0.1) is 17.3 Å². The fourth-order valence-corrected chi connectivity index (χ4v) is 3.22. The molecule has 0 radical (unpaired) electrons. The van der Waals surface area contributed by atoms with E-state index in [9.17, 15) is 4.79 Å². The first kappa shape index (κ1) is 9.64. The third kappa shape index (κ3) is 1.32. The van der Waals surface area contributed by atoms with Gasteiger partial charge in [-0.05, 0) is 44.9 Å². The average molecular weight is 209 g/mol. The number of carbonyl (C=O) groups excluding carboxylic acids is 1. The number of carbonyl (C=O) groups is 1. The highest BCUT2D eigenvalue weighted by atomic mass is 16.5. The van der Waals surface area contributed by atoms with Gasteiger partial charge in [-0.3, -0.25) is 4.79 Å². The summed E-state index contributed by atoms with van der Waals surface area (Å²) >= 11 is 0. The van der Waals surface area contributed by atoms with E-state index < -0.39 is 0 Å². The van der Waals surface area contributed by atoms with Gasteiger partial charge in [0, 0.05) is 5.92 Å². The molecule has 0 unspecified atom stereocenters.